The van der Waals surface area contributed by atoms with E-state index in [-0.39, 0.29) is 0 Å². The van der Waals surface area contributed by atoms with Gasteiger partial charge in [0, 0.05) is 17.3 Å². The number of aliphatic hydroxyl groups excluding tert-OH is 1. The Labute approximate surface area is 94.8 Å². The quantitative estimate of drug-likeness (QED) is 0.835. The fraction of sp³-hybridized carbons (Fsp3) is 0.231. The fourth-order valence-corrected chi connectivity index (χ4v) is 1.61. The Morgan fingerprint density at radius 1 is 1.19 bits per heavy atom. The molecule has 1 unspecified atom stereocenters. The molecule has 0 saturated heterocycles. The van der Waals surface area contributed by atoms with Gasteiger partial charge in [-0.15, -0.1) is 0 Å². The van der Waals surface area contributed by atoms with Crippen LogP contribution in [-0.4, -0.2) is 15.1 Å². The summed E-state index contributed by atoms with van der Waals surface area (Å²) in [5.74, 6) is 0.711. The number of nitrogens with zero attached hydrogens (tertiary/aromatic N) is 2. The number of aliphatic hydroxyl groups is 1. The monoisotopic (exact) mass is 214 g/mol. The molecule has 0 aliphatic heterocycles. The van der Waals surface area contributed by atoms with Crippen molar-refractivity contribution in [3.05, 3.63) is 47.9 Å². The molecular formula is C13H14N2O. The van der Waals surface area contributed by atoms with Gasteiger partial charge >= 0.3 is 0 Å². The number of benzene rings is 1. The smallest absolute Gasteiger partial charge is 0.125 e. The van der Waals surface area contributed by atoms with Crippen molar-refractivity contribution >= 4 is 0 Å². The molecule has 2 aromatic rings. The van der Waals surface area contributed by atoms with Crippen molar-refractivity contribution in [3.8, 4) is 11.3 Å². The minimum Gasteiger partial charge on any atom is -0.389 e. The summed E-state index contributed by atoms with van der Waals surface area (Å²) in [7, 11) is 0. The third-order valence-corrected chi connectivity index (χ3v) is 2.43. The first kappa shape index (κ1) is 10.8. The molecule has 0 aliphatic carbocycles. The van der Waals surface area contributed by atoms with Gasteiger partial charge < -0.3 is 5.11 Å². The van der Waals surface area contributed by atoms with E-state index in [4.69, 9.17) is 0 Å². The topological polar surface area (TPSA) is 46.0 Å². The van der Waals surface area contributed by atoms with E-state index in [9.17, 15) is 5.11 Å². The van der Waals surface area contributed by atoms with E-state index in [0.717, 1.165) is 16.8 Å². The van der Waals surface area contributed by atoms with Gasteiger partial charge in [0.05, 0.1) is 11.8 Å². The van der Waals surface area contributed by atoms with Gasteiger partial charge in [-0.3, -0.25) is 0 Å². The van der Waals surface area contributed by atoms with Crippen LogP contribution in [0.2, 0.25) is 0 Å². The first-order valence-corrected chi connectivity index (χ1v) is 5.25. The second kappa shape index (κ2) is 4.41. The molecule has 1 atom stereocenters. The Balaban J connectivity index is 2.58. The van der Waals surface area contributed by atoms with Crippen molar-refractivity contribution in [1.82, 2.24) is 9.97 Å². The van der Waals surface area contributed by atoms with Crippen molar-refractivity contribution in [2.45, 2.75) is 20.0 Å². The molecule has 1 heterocycles. The average molecular weight is 214 g/mol. The van der Waals surface area contributed by atoms with Crippen LogP contribution in [0.5, 0.6) is 0 Å². The zero-order valence-electron chi connectivity index (χ0n) is 9.38. The second-order valence-corrected chi connectivity index (χ2v) is 3.76. The third kappa shape index (κ3) is 2.09. The van der Waals surface area contributed by atoms with Crippen LogP contribution in [0.1, 0.15) is 24.4 Å². The van der Waals surface area contributed by atoms with Crippen LogP contribution in [0.15, 0.2) is 36.5 Å². The zero-order chi connectivity index (χ0) is 11.5. The number of hydrogen-bond donors (Lipinski definition) is 1. The summed E-state index contributed by atoms with van der Waals surface area (Å²) in [5.41, 5.74) is 2.57. The molecule has 1 N–H and O–H groups in total. The minimum absolute atomic E-state index is 0.559. The lowest BCUT2D eigenvalue weighted by molar-refractivity contribution is 0.199. The van der Waals surface area contributed by atoms with Crippen LogP contribution in [-0.2, 0) is 0 Å². The summed E-state index contributed by atoms with van der Waals surface area (Å²) in [6, 6.07) is 9.83. The standard InChI is InChI=1S/C13H14N2O/c1-9(16)12-8-14-10(2)15-13(12)11-6-4-3-5-7-11/h3-9,16H,1-2H3. The van der Waals surface area contributed by atoms with Crippen molar-refractivity contribution in [3.63, 3.8) is 0 Å². The maximum absolute atomic E-state index is 9.68. The number of hydrogen-bond acceptors (Lipinski definition) is 3. The molecule has 0 saturated carbocycles. The molecule has 2 rings (SSSR count). The van der Waals surface area contributed by atoms with Crippen LogP contribution < -0.4 is 0 Å². The highest BCUT2D eigenvalue weighted by Crippen LogP contribution is 2.25. The average Bonchev–Trinajstić information content (AvgIpc) is 2.29. The van der Waals surface area contributed by atoms with Gasteiger partial charge in [-0.05, 0) is 13.8 Å². The molecule has 3 nitrogen and oxygen atoms in total. The molecule has 0 fully saturated rings. The molecule has 0 spiro atoms. The Kier molecular flexibility index (Phi) is 2.97. The summed E-state index contributed by atoms with van der Waals surface area (Å²) >= 11 is 0. The summed E-state index contributed by atoms with van der Waals surface area (Å²) < 4.78 is 0. The Morgan fingerprint density at radius 2 is 1.88 bits per heavy atom. The molecule has 0 radical (unpaired) electrons. The van der Waals surface area contributed by atoms with Crippen LogP contribution in [0, 0.1) is 6.92 Å². The van der Waals surface area contributed by atoms with Crippen molar-refractivity contribution in [2.24, 2.45) is 0 Å². The molecule has 3 heteroatoms. The first-order valence-electron chi connectivity index (χ1n) is 5.25. The van der Waals surface area contributed by atoms with Crippen molar-refractivity contribution in [1.29, 1.82) is 0 Å². The van der Waals surface area contributed by atoms with E-state index in [0.29, 0.717) is 5.82 Å². The predicted molar refractivity (Wildman–Crippen MR) is 62.8 cm³/mol. The van der Waals surface area contributed by atoms with Gasteiger partial charge in [0.1, 0.15) is 5.82 Å². The van der Waals surface area contributed by atoms with Crippen molar-refractivity contribution in [2.75, 3.05) is 0 Å². The lowest BCUT2D eigenvalue weighted by atomic mass is 10.0. The molecule has 0 amide bonds. The molecule has 1 aromatic heterocycles. The van der Waals surface area contributed by atoms with Gasteiger partial charge in [0.15, 0.2) is 0 Å². The highest BCUT2D eigenvalue weighted by Gasteiger charge is 2.11. The molecule has 16 heavy (non-hydrogen) atoms. The largest absolute Gasteiger partial charge is 0.389 e. The van der Waals surface area contributed by atoms with Gasteiger partial charge in [-0.1, -0.05) is 30.3 Å². The van der Waals surface area contributed by atoms with E-state index < -0.39 is 6.10 Å². The van der Waals surface area contributed by atoms with E-state index >= 15 is 0 Å². The normalized spacial score (nSPS) is 12.4. The lowest BCUT2D eigenvalue weighted by Gasteiger charge is -2.11. The predicted octanol–water partition coefficient (Wildman–Crippen LogP) is 2.51. The SMILES string of the molecule is Cc1ncc(C(C)O)c(-c2ccccc2)n1. The number of rotatable bonds is 2. The maximum Gasteiger partial charge on any atom is 0.125 e. The molecular weight excluding hydrogens is 200 g/mol. The summed E-state index contributed by atoms with van der Waals surface area (Å²) in [5, 5.41) is 9.68. The Hall–Kier alpha value is -1.74. The molecule has 1 aromatic carbocycles. The van der Waals surface area contributed by atoms with Crippen molar-refractivity contribution < 1.29 is 5.11 Å². The second-order valence-electron chi connectivity index (χ2n) is 3.76. The van der Waals surface area contributed by atoms with Crippen LogP contribution in [0.3, 0.4) is 0 Å². The van der Waals surface area contributed by atoms with Crippen LogP contribution in [0.4, 0.5) is 0 Å². The first-order chi connectivity index (χ1) is 7.68. The van der Waals surface area contributed by atoms with Gasteiger partial charge in [0.25, 0.3) is 0 Å². The number of aryl methyl sites for hydroxylation is 1. The summed E-state index contributed by atoms with van der Waals surface area (Å²) in [4.78, 5) is 8.51. The Bertz CT molecular complexity index is 481. The van der Waals surface area contributed by atoms with Gasteiger partial charge in [-0.2, -0.15) is 0 Å². The molecule has 0 aliphatic rings. The molecule has 0 bridgehead atoms. The molecule has 82 valence electrons. The summed E-state index contributed by atoms with van der Waals surface area (Å²) in [6.07, 6.45) is 1.13. The van der Waals surface area contributed by atoms with Gasteiger partial charge in [-0.25, -0.2) is 9.97 Å². The number of aromatic nitrogens is 2. The highest BCUT2D eigenvalue weighted by atomic mass is 16.3. The van der Waals surface area contributed by atoms with Crippen LogP contribution >= 0.6 is 0 Å². The Morgan fingerprint density at radius 3 is 2.50 bits per heavy atom. The maximum atomic E-state index is 9.68. The minimum atomic E-state index is -0.559. The van der Waals surface area contributed by atoms with E-state index in [1.54, 1.807) is 13.1 Å². The summed E-state index contributed by atoms with van der Waals surface area (Å²) in [6.45, 7) is 3.57. The van der Waals surface area contributed by atoms with E-state index in [1.807, 2.05) is 37.3 Å². The van der Waals surface area contributed by atoms with E-state index in [1.165, 1.54) is 0 Å². The fourth-order valence-electron chi connectivity index (χ4n) is 1.61. The van der Waals surface area contributed by atoms with E-state index in [2.05, 4.69) is 9.97 Å². The highest BCUT2D eigenvalue weighted by molar-refractivity contribution is 5.62. The lowest BCUT2D eigenvalue weighted by Crippen LogP contribution is -2.01. The van der Waals surface area contributed by atoms with Gasteiger partial charge in [0.2, 0.25) is 0 Å². The van der Waals surface area contributed by atoms with Crippen LogP contribution in [0.25, 0.3) is 11.3 Å². The zero-order valence-corrected chi connectivity index (χ0v) is 9.38. The third-order valence-electron chi connectivity index (χ3n) is 2.43.